The SMILES string of the molecule is COc1cccc(-c2[nH]c(=S)n3ccccc23)c1. The van der Waals surface area contributed by atoms with Crippen molar-refractivity contribution in [1.29, 1.82) is 0 Å². The number of H-pyrrole nitrogens is 1. The largest absolute Gasteiger partial charge is 0.497 e. The Morgan fingerprint density at radius 1 is 1.17 bits per heavy atom. The number of imidazole rings is 1. The van der Waals surface area contributed by atoms with Gasteiger partial charge in [-0.05, 0) is 36.5 Å². The van der Waals surface area contributed by atoms with Gasteiger partial charge >= 0.3 is 0 Å². The van der Waals surface area contributed by atoms with Gasteiger partial charge in [-0.15, -0.1) is 0 Å². The van der Waals surface area contributed by atoms with Gasteiger partial charge in [0.2, 0.25) is 0 Å². The van der Waals surface area contributed by atoms with Crippen molar-refractivity contribution >= 4 is 17.7 Å². The van der Waals surface area contributed by atoms with Crippen LogP contribution in [0.15, 0.2) is 48.7 Å². The lowest BCUT2D eigenvalue weighted by atomic mass is 10.1. The van der Waals surface area contributed by atoms with E-state index in [1.54, 1.807) is 7.11 Å². The Morgan fingerprint density at radius 3 is 2.89 bits per heavy atom. The standard InChI is InChI=1S/C14H12N2OS/c1-17-11-6-4-5-10(9-11)13-12-7-2-3-8-16(12)14(18)15-13/h2-9H,1H3,(H,15,18). The summed E-state index contributed by atoms with van der Waals surface area (Å²) in [5.41, 5.74) is 3.14. The van der Waals surface area contributed by atoms with Crippen LogP contribution in [0.2, 0.25) is 0 Å². The molecule has 18 heavy (non-hydrogen) atoms. The summed E-state index contributed by atoms with van der Waals surface area (Å²) < 4.78 is 7.91. The normalized spacial score (nSPS) is 10.7. The fourth-order valence-electron chi connectivity index (χ4n) is 2.05. The van der Waals surface area contributed by atoms with E-state index in [1.165, 1.54) is 0 Å². The van der Waals surface area contributed by atoms with E-state index >= 15 is 0 Å². The number of hydrogen-bond acceptors (Lipinski definition) is 2. The van der Waals surface area contributed by atoms with Gasteiger partial charge in [0.15, 0.2) is 4.77 Å². The van der Waals surface area contributed by atoms with E-state index in [2.05, 4.69) is 4.98 Å². The third-order valence-corrected chi connectivity index (χ3v) is 3.22. The molecule has 0 bridgehead atoms. The molecule has 0 fully saturated rings. The van der Waals surface area contributed by atoms with Crippen LogP contribution < -0.4 is 4.74 Å². The maximum Gasteiger partial charge on any atom is 0.182 e. The van der Waals surface area contributed by atoms with Crippen LogP contribution in [0.1, 0.15) is 0 Å². The molecule has 0 radical (unpaired) electrons. The van der Waals surface area contributed by atoms with Gasteiger partial charge in [0, 0.05) is 11.8 Å². The van der Waals surface area contributed by atoms with Crippen molar-refractivity contribution in [2.24, 2.45) is 0 Å². The zero-order chi connectivity index (χ0) is 12.5. The summed E-state index contributed by atoms with van der Waals surface area (Å²) in [5, 5.41) is 0. The molecule has 3 aromatic rings. The van der Waals surface area contributed by atoms with Gasteiger partial charge in [-0.1, -0.05) is 18.2 Å². The maximum absolute atomic E-state index is 5.31. The first kappa shape index (κ1) is 11.0. The van der Waals surface area contributed by atoms with E-state index in [4.69, 9.17) is 17.0 Å². The van der Waals surface area contributed by atoms with E-state index < -0.39 is 0 Å². The molecule has 0 saturated heterocycles. The Balaban J connectivity index is 2.28. The highest BCUT2D eigenvalue weighted by Crippen LogP contribution is 2.26. The van der Waals surface area contributed by atoms with E-state index in [-0.39, 0.29) is 0 Å². The summed E-state index contributed by atoms with van der Waals surface area (Å²) in [6, 6.07) is 13.9. The van der Waals surface area contributed by atoms with Gasteiger partial charge in [0.25, 0.3) is 0 Å². The predicted molar refractivity (Wildman–Crippen MR) is 74.6 cm³/mol. The lowest BCUT2D eigenvalue weighted by Crippen LogP contribution is -1.85. The Bertz CT molecular complexity index is 758. The molecule has 0 spiro atoms. The van der Waals surface area contributed by atoms with Gasteiger partial charge in [-0.25, -0.2) is 0 Å². The summed E-state index contributed by atoms with van der Waals surface area (Å²) in [4.78, 5) is 3.24. The van der Waals surface area contributed by atoms with E-state index in [9.17, 15) is 0 Å². The van der Waals surface area contributed by atoms with Crippen LogP contribution in [-0.4, -0.2) is 16.5 Å². The summed E-state index contributed by atoms with van der Waals surface area (Å²) in [6.45, 7) is 0. The molecule has 3 nitrogen and oxygen atoms in total. The molecule has 0 unspecified atom stereocenters. The van der Waals surface area contributed by atoms with Gasteiger partial charge in [-0.3, -0.25) is 4.40 Å². The first-order chi connectivity index (χ1) is 8.79. The number of aromatic nitrogens is 2. The number of fused-ring (bicyclic) bond motifs is 1. The molecule has 0 aliphatic carbocycles. The maximum atomic E-state index is 5.31. The fraction of sp³-hybridized carbons (Fsp3) is 0.0714. The van der Waals surface area contributed by atoms with Crippen LogP contribution >= 0.6 is 12.2 Å². The fourth-order valence-corrected chi connectivity index (χ4v) is 2.32. The Labute approximate surface area is 110 Å². The highest BCUT2D eigenvalue weighted by Gasteiger charge is 2.07. The number of nitrogens with one attached hydrogen (secondary N) is 1. The van der Waals surface area contributed by atoms with Crippen molar-refractivity contribution < 1.29 is 4.74 Å². The third kappa shape index (κ3) is 1.71. The van der Waals surface area contributed by atoms with E-state index in [0.717, 1.165) is 22.5 Å². The van der Waals surface area contributed by atoms with Crippen molar-refractivity contribution in [2.75, 3.05) is 7.11 Å². The quantitative estimate of drug-likeness (QED) is 0.709. The van der Waals surface area contributed by atoms with Crippen LogP contribution in [0.25, 0.3) is 16.8 Å². The second kappa shape index (κ2) is 4.31. The average molecular weight is 256 g/mol. The molecule has 0 amide bonds. The summed E-state index contributed by atoms with van der Waals surface area (Å²) in [7, 11) is 1.67. The molecule has 2 heterocycles. The van der Waals surface area contributed by atoms with Gasteiger partial charge < -0.3 is 9.72 Å². The molecule has 1 N–H and O–H groups in total. The first-order valence-corrected chi connectivity index (χ1v) is 6.04. The van der Waals surface area contributed by atoms with Crippen LogP contribution in [0, 0.1) is 4.77 Å². The molecule has 0 saturated carbocycles. The molecule has 1 aromatic carbocycles. The minimum absolute atomic E-state index is 0.698. The third-order valence-electron chi connectivity index (χ3n) is 2.93. The van der Waals surface area contributed by atoms with Crippen molar-refractivity contribution in [3.05, 3.63) is 53.4 Å². The molecule has 90 valence electrons. The number of benzene rings is 1. The predicted octanol–water partition coefficient (Wildman–Crippen LogP) is 3.67. The van der Waals surface area contributed by atoms with Crippen molar-refractivity contribution in [1.82, 2.24) is 9.38 Å². The Hall–Kier alpha value is -2.07. The molecular weight excluding hydrogens is 244 g/mol. The number of methoxy groups -OCH3 is 1. The van der Waals surface area contributed by atoms with Gasteiger partial charge in [0.05, 0.1) is 18.3 Å². The minimum atomic E-state index is 0.698. The molecule has 4 heteroatoms. The summed E-state index contributed by atoms with van der Waals surface area (Å²) >= 11 is 5.31. The van der Waals surface area contributed by atoms with Crippen LogP contribution in [0.4, 0.5) is 0 Å². The summed E-state index contributed by atoms with van der Waals surface area (Å²) in [5.74, 6) is 0.835. The number of ether oxygens (including phenoxy) is 1. The first-order valence-electron chi connectivity index (χ1n) is 5.63. The molecule has 3 rings (SSSR count). The van der Waals surface area contributed by atoms with Gasteiger partial charge in [0.1, 0.15) is 5.75 Å². The highest BCUT2D eigenvalue weighted by molar-refractivity contribution is 7.71. The highest BCUT2D eigenvalue weighted by atomic mass is 32.1. The van der Waals surface area contributed by atoms with Crippen molar-refractivity contribution in [2.45, 2.75) is 0 Å². The number of hydrogen-bond donors (Lipinski definition) is 1. The minimum Gasteiger partial charge on any atom is -0.497 e. The average Bonchev–Trinajstić information content (AvgIpc) is 2.77. The Kier molecular flexibility index (Phi) is 2.64. The molecule has 0 atom stereocenters. The topological polar surface area (TPSA) is 29.4 Å². The lowest BCUT2D eigenvalue weighted by Gasteiger charge is -2.03. The molecule has 2 aromatic heterocycles. The van der Waals surface area contributed by atoms with Crippen LogP contribution in [-0.2, 0) is 0 Å². The van der Waals surface area contributed by atoms with E-state index in [0.29, 0.717) is 4.77 Å². The van der Waals surface area contributed by atoms with E-state index in [1.807, 2.05) is 53.1 Å². The number of rotatable bonds is 2. The number of nitrogens with zero attached hydrogens (tertiary/aromatic N) is 1. The monoisotopic (exact) mass is 256 g/mol. The molecule has 0 aliphatic heterocycles. The molecular formula is C14H12N2OS. The summed E-state index contributed by atoms with van der Waals surface area (Å²) in [6.07, 6.45) is 1.96. The second-order valence-electron chi connectivity index (χ2n) is 3.99. The number of aromatic amines is 1. The molecule has 0 aliphatic rings. The van der Waals surface area contributed by atoms with Gasteiger partial charge in [-0.2, -0.15) is 0 Å². The number of pyridine rings is 1. The lowest BCUT2D eigenvalue weighted by molar-refractivity contribution is 0.415. The van der Waals surface area contributed by atoms with Crippen LogP contribution in [0.5, 0.6) is 5.75 Å². The second-order valence-corrected chi connectivity index (χ2v) is 4.38. The van der Waals surface area contributed by atoms with Crippen molar-refractivity contribution in [3.63, 3.8) is 0 Å². The zero-order valence-corrected chi connectivity index (χ0v) is 10.7. The Morgan fingerprint density at radius 2 is 2.06 bits per heavy atom. The van der Waals surface area contributed by atoms with Crippen LogP contribution in [0.3, 0.4) is 0 Å². The van der Waals surface area contributed by atoms with Crippen molar-refractivity contribution in [3.8, 4) is 17.0 Å². The zero-order valence-electron chi connectivity index (χ0n) is 9.88. The smallest absolute Gasteiger partial charge is 0.182 e.